The second-order valence-electron chi connectivity index (χ2n) is 18.1. The molecule has 0 amide bonds. The highest BCUT2D eigenvalue weighted by Crippen LogP contribution is 2.11. The second kappa shape index (κ2) is 59.3. The molecule has 0 saturated carbocycles. The molecule has 73 heavy (non-hydrogen) atoms. The van der Waals surface area contributed by atoms with Gasteiger partial charge >= 0.3 is 17.9 Å². The van der Waals surface area contributed by atoms with Crippen molar-refractivity contribution >= 4 is 17.9 Å². The van der Waals surface area contributed by atoms with Crippen molar-refractivity contribution in [3.63, 3.8) is 0 Å². The van der Waals surface area contributed by atoms with Crippen LogP contribution in [0, 0.1) is 0 Å². The number of hydrogen-bond donors (Lipinski definition) is 0. The summed E-state index contributed by atoms with van der Waals surface area (Å²) in [6, 6.07) is 0. The van der Waals surface area contributed by atoms with Crippen LogP contribution in [0.15, 0.2) is 170 Å². The Balaban J connectivity index is 4.64. The Kier molecular flexibility index (Phi) is 55.1. The third-order valence-electron chi connectivity index (χ3n) is 11.2. The summed E-state index contributed by atoms with van der Waals surface area (Å²) in [5, 5.41) is 0. The van der Waals surface area contributed by atoms with Crippen LogP contribution >= 0.6 is 0 Å². The Bertz CT molecular complexity index is 1720. The van der Waals surface area contributed by atoms with Crippen LogP contribution in [0.1, 0.15) is 213 Å². The van der Waals surface area contributed by atoms with Gasteiger partial charge in [0.25, 0.3) is 0 Å². The topological polar surface area (TPSA) is 78.9 Å². The van der Waals surface area contributed by atoms with Crippen LogP contribution in [0.25, 0.3) is 0 Å². The minimum absolute atomic E-state index is 0.135. The van der Waals surface area contributed by atoms with Crippen molar-refractivity contribution in [3.05, 3.63) is 170 Å². The predicted octanol–water partition coefficient (Wildman–Crippen LogP) is 19.5. The molecule has 0 aliphatic carbocycles. The zero-order chi connectivity index (χ0) is 52.9. The molecule has 0 bridgehead atoms. The smallest absolute Gasteiger partial charge is 0.306 e. The number of carbonyl (C=O) groups excluding carboxylic acids is 3. The van der Waals surface area contributed by atoms with Crippen LogP contribution in [-0.2, 0) is 28.6 Å². The van der Waals surface area contributed by atoms with E-state index in [0.29, 0.717) is 19.3 Å². The average Bonchev–Trinajstić information content (AvgIpc) is 3.39. The van der Waals surface area contributed by atoms with Crippen LogP contribution < -0.4 is 0 Å². The summed E-state index contributed by atoms with van der Waals surface area (Å²) in [6.07, 6.45) is 87.7. The minimum Gasteiger partial charge on any atom is -0.462 e. The molecule has 0 saturated heterocycles. The van der Waals surface area contributed by atoms with Gasteiger partial charge in [0.1, 0.15) is 13.2 Å². The van der Waals surface area contributed by atoms with E-state index in [1.165, 1.54) is 25.7 Å². The molecule has 0 aromatic rings. The molecule has 0 rings (SSSR count). The fourth-order valence-corrected chi connectivity index (χ4v) is 6.96. The van der Waals surface area contributed by atoms with Gasteiger partial charge in [-0.2, -0.15) is 0 Å². The predicted molar refractivity (Wildman–Crippen MR) is 315 cm³/mol. The lowest BCUT2D eigenvalue weighted by Gasteiger charge is -2.18. The molecule has 0 aromatic carbocycles. The summed E-state index contributed by atoms with van der Waals surface area (Å²) in [5.41, 5.74) is 0. The van der Waals surface area contributed by atoms with Gasteiger partial charge in [0.05, 0.1) is 0 Å². The zero-order valence-electron chi connectivity index (χ0n) is 46.3. The van der Waals surface area contributed by atoms with E-state index in [4.69, 9.17) is 14.2 Å². The lowest BCUT2D eigenvalue weighted by atomic mass is 10.1. The molecular weight excluding hydrogens is 901 g/mol. The van der Waals surface area contributed by atoms with Gasteiger partial charge in [-0.05, 0) is 148 Å². The number of hydrogen-bond acceptors (Lipinski definition) is 6. The Morgan fingerprint density at radius 3 is 0.863 bits per heavy atom. The molecule has 0 spiro atoms. The molecule has 0 radical (unpaired) electrons. The van der Waals surface area contributed by atoms with E-state index in [1.807, 2.05) is 0 Å². The maximum absolute atomic E-state index is 12.9. The van der Waals surface area contributed by atoms with Gasteiger partial charge in [-0.15, -0.1) is 0 Å². The highest BCUT2D eigenvalue weighted by Gasteiger charge is 2.19. The van der Waals surface area contributed by atoms with Crippen LogP contribution in [0.4, 0.5) is 0 Å². The van der Waals surface area contributed by atoms with Crippen molar-refractivity contribution in [1.82, 2.24) is 0 Å². The highest BCUT2D eigenvalue weighted by atomic mass is 16.6. The third-order valence-corrected chi connectivity index (χ3v) is 11.2. The highest BCUT2D eigenvalue weighted by molar-refractivity contribution is 5.71. The minimum atomic E-state index is -0.842. The largest absolute Gasteiger partial charge is 0.462 e. The Morgan fingerprint density at radius 1 is 0.288 bits per heavy atom. The van der Waals surface area contributed by atoms with Crippen LogP contribution in [-0.4, -0.2) is 37.2 Å². The number of rotatable bonds is 49. The quantitative estimate of drug-likeness (QED) is 0.0261. The monoisotopic (exact) mass is 1000 g/mol. The summed E-state index contributed by atoms with van der Waals surface area (Å²) >= 11 is 0. The molecule has 0 N–H and O–H groups in total. The molecule has 0 unspecified atom stereocenters. The van der Waals surface area contributed by atoms with Crippen molar-refractivity contribution in [3.8, 4) is 0 Å². The van der Waals surface area contributed by atoms with Crippen molar-refractivity contribution < 1.29 is 28.6 Å². The summed E-state index contributed by atoms with van der Waals surface area (Å²) in [7, 11) is 0. The summed E-state index contributed by atoms with van der Waals surface area (Å²) in [4.78, 5) is 38.2. The lowest BCUT2D eigenvalue weighted by Crippen LogP contribution is -2.30. The van der Waals surface area contributed by atoms with Crippen molar-refractivity contribution in [2.45, 2.75) is 219 Å². The lowest BCUT2D eigenvalue weighted by molar-refractivity contribution is -0.167. The molecule has 0 aromatic heterocycles. The van der Waals surface area contributed by atoms with Gasteiger partial charge in [0.2, 0.25) is 0 Å². The fraction of sp³-hybridized carbons (Fsp3) is 0.537. The van der Waals surface area contributed by atoms with Gasteiger partial charge in [0, 0.05) is 19.3 Å². The number of carbonyl (C=O) groups is 3. The van der Waals surface area contributed by atoms with E-state index in [0.717, 1.165) is 135 Å². The average molecular weight is 1000 g/mol. The summed E-state index contributed by atoms with van der Waals surface area (Å²) in [5.74, 6) is -1.07. The summed E-state index contributed by atoms with van der Waals surface area (Å²) < 4.78 is 16.8. The van der Waals surface area contributed by atoms with E-state index < -0.39 is 6.10 Å². The van der Waals surface area contributed by atoms with Crippen molar-refractivity contribution in [1.29, 1.82) is 0 Å². The second-order valence-corrected chi connectivity index (χ2v) is 18.1. The van der Waals surface area contributed by atoms with Gasteiger partial charge in [-0.1, -0.05) is 217 Å². The molecule has 0 aliphatic rings. The number of ether oxygens (including phenoxy) is 3. The third kappa shape index (κ3) is 57.5. The maximum Gasteiger partial charge on any atom is 0.306 e. The molecule has 0 aliphatic heterocycles. The first-order valence-corrected chi connectivity index (χ1v) is 28.6. The number of allylic oxidation sites excluding steroid dienone is 28. The van der Waals surface area contributed by atoms with E-state index in [1.54, 1.807) is 0 Å². The normalized spacial score (nSPS) is 13.4. The first-order valence-electron chi connectivity index (χ1n) is 28.6. The van der Waals surface area contributed by atoms with Crippen LogP contribution in [0.3, 0.4) is 0 Å². The van der Waals surface area contributed by atoms with Gasteiger partial charge in [-0.3, -0.25) is 14.4 Å². The van der Waals surface area contributed by atoms with Crippen LogP contribution in [0.2, 0.25) is 0 Å². The first-order chi connectivity index (χ1) is 36.0. The van der Waals surface area contributed by atoms with E-state index in [-0.39, 0.29) is 44.0 Å². The fourth-order valence-electron chi connectivity index (χ4n) is 6.96. The van der Waals surface area contributed by atoms with E-state index >= 15 is 0 Å². The first kappa shape index (κ1) is 67.8. The van der Waals surface area contributed by atoms with Gasteiger partial charge in [-0.25, -0.2) is 0 Å². The van der Waals surface area contributed by atoms with Crippen molar-refractivity contribution in [2.75, 3.05) is 13.2 Å². The molecule has 0 heterocycles. The SMILES string of the molecule is CC/C=C/C/C=C/C/C=C/C/C=C/C/C=C/CCCCCC(=O)OC[C@@H](COC(=O)CCC/C=C/C/C=C/C/C=C/C/C=C/CCCCC)OC(=O)CCCCC/C=C/C/C=C/C/C=C/C/C=C/C/C=C/CC. The molecule has 1 atom stereocenters. The molecule has 406 valence electrons. The Morgan fingerprint density at radius 2 is 0.548 bits per heavy atom. The standard InChI is InChI=1S/C67H102O6/c1-4-7-10-13-16-19-22-25-28-31-33-36-39-42-45-48-51-54-57-60-66(69)72-63-64(62-71-65(68)59-56-53-50-47-44-41-38-35-30-27-24-21-18-15-12-9-6-3)73-67(70)61-58-55-52-49-46-43-40-37-34-32-29-26-23-20-17-14-11-8-5-2/h7-8,10-11,16-21,25-30,33-34,36-38,41-43,45-47,50,64H,4-6,9,12-15,22-24,31-32,35,39-40,44,48-49,51-63H2,1-3H3/b10-7+,11-8+,19-16+,20-17+,21-18+,28-25+,29-26+,30-27+,36-33+,37-34+,41-38+,45-42+,46-43+,50-47+/t64-/m1/s1. The van der Waals surface area contributed by atoms with Crippen molar-refractivity contribution in [2.24, 2.45) is 0 Å². The molecule has 6 nitrogen and oxygen atoms in total. The maximum atomic E-state index is 12.9. The molecule has 6 heteroatoms. The van der Waals surface area contributed by atoms with E-state index in [2.05, 4.69) is 191 Å². The zero-order valence-corrected chi connectivity index (χ0v) is 46.3. The molecule has 0 fully saturated rings. The van der Waals surface area contributed by atoms with E-state index in [9.17, 15) is 14.4 Å². The molecular formula is C67H102O6. The number of unbranched alkanes of at least 4 members (excludes halogenated alkanes) is 10. The number of esters is 3. The van der Waals surface area contributed by atoms with Crippen LogP contribution in [0.5, 0.6) is 0 Å². The Labute approximate surface area is 447 Å². The van der Waals surface area contributed by atoms with Gasteiger partial charge in [0.15, 0.2) is 6.10 Å². The Hall–Kier alpha value is -5.23. The van der Waals surface area contributed by atoms with Gasteiger partial charge < -0.3 is 14.2 Å². The summed E-state index contributed by atoms with van der Waals surface area (Å²) in [6.45, 7) is 6.26.